The molecule has 0 aliphatic carbocycles. The molecule has 9 nitrogen and oxygen atoms in total. The van der Waals surface area contributed by atoms with E-state index >= 15 is 0 Å². The molecule has 3 heterocycles. The molecule has 1 aliphatic rings. The van der Waals surface area contributed by atoms with Crippen LogP contribution < -0.4 is 16.0 Å². The Labute approximate surface area is 187 Å². The maximum Gasteiger partial charge on any atom is 0.350 e. The molecule has 1 aliphatic heterocycles. The van der Waals surface area contributed by atoms with Crippen molar-refractivity contribution in [2.75, 3.05) is 33.4 Å². The molecule has 0 unspecified atom stereocenters. The molecule has 1 fully saturated rings. The number of nitrogens with zero attached hydrogens (tertiary/aromatic N) is 3. The summed E-state index contributed by atoms with van der Waals surface area (Å²) in [4.78, 5) is 33.3. The lowest BCUT2D eigenvalue weighted by Gasteiger charge is -2.27. The van der Waals surface area contributed by atoms with Crippen molar-refractivity contribution in [1.29, 1.82) is 0 Å². The fraction of sp³-hybridized carbons (Fsp3) is 0.261. The molecule has 4 aromatic rings. The van der Waals surface area contributed by atoms with Crippen LogP contribution in [0.25, 0.3) is 21.9 Å². The molecule has 0 amide bonds. The van der Waals surface area contributed by atoms with Gasteiger partial charge in [0.05, 0.1) is 32.1 Å². The lowest BCUT2D eigenvalue weighted by Crippen LogP contribution is -2.35. The Hall–Kier alpha value is -3.76. The SMILES string of the molecule is COc1ccc(/C=N/n2c(=O)[nH]c3c([nH]c4ccc(F)cc43)c2=O)cc1CN1CCOCC1. The Morgan fingerprint density at radius 2 is 1.94 bits per heavy atom. The normalized spacial score (nSPS) is 15.1. The number of benzene rings is 2. The summed E-state index contributed by atoms with van der Waals surface area (Å²) in [5.41, 5.74) is 1.29. The van der Waals surface area contributed by atoms with Gasteiger partial charge in [-0.25, -0.2) is 9.18 Å². The Morgan fingerprint density at radius 1 is 1.12 bits per heavy atom. The molecular formula is C23H22FN5O4. The molecule has 0 saturated carbocycles. The van der Waals surface area contributed by atoms with Crippen molar-refractivity contribution < 1.29 is 13.9 Å². The summed E-state index contributed by atoms with van der Waals surface area (Å²) >= 11 is 0. The number of hydrogen-bond acceptors (Lipinski definition) is 6. The number of methoxy groups -OCH3 is 1. The molecule has 0 bridgehead atoms. The number of ether oxygens (including phenoxy) is 2. The molecular weight excluding hydrogens is 429 g/mol. The highest BCUT2D eigenvalue weighted by Gasteiger charge is 2.15. The maximum absolute atomic E-state index is 13.6. The van der Waals surface area contributed by atoms with Crippen LogP contribution in [0.5, 0.6) is 5.75 Å². The first-order valence-corrected chi connectivity index (χ1v) is 10.5. The summed E-state index contributed by atoms with van der Waals surface area (Å²) in [7, 11) is 1.62. The summed E-state index contributed by atoms with van der Waals surface area (Å²) in [6.45, 7) is 3.74. The smallest absolute Gasteiger partial charge is 0.350 e. The van der Waals surface area contributed by atoms with E-state index in [2.05, 4.69) is 20.0 Å². The topological polar surface area (TPSA) is 105 Å². The summed E-state index contributed by atoms with van der Waals surface area (Å²) in [6.07, 6.45) is 1.45. The highest BCUT2D eigenvalue weighted by molar-refractivity contribution is 6.04. The number of morpholine rings is 1. The van der Waals surface area contributed by atoms with Crippen molar-refractivity contribution >= 4 is 28.2 Å². The second-order valence-corrected chi connectivity index (χ2v) is 7.82. The van der Waals surface area contributed by atoms with E-state index in [1.807, 2.05) is 12.1 Å². The summed E-state index contributed by atoms with van der Waals surface area (Å²) in [6, 6.07) is 9.62. The van der Waals surface area contributed by atoms with Crippen LogP contribution in [-0.2, 0) is 11.3 Å². The van der Waals surface area contributed by atoms with Gasteiger partial charge in [0.2, 0.25) is 0 Å². The summed E-state index contributed by atoms with van der Waals surface area (Å²) in [5, 5.41) is 4.55. The quantitative estimate of drug-likeness (QED) is 0.452. The van der Waals surface area contributed by atoms with E-state index in [1.54, 1.807) is 13.2 Å². The minimum absolute atomic E-state index is 0.148. The highest BCUT2D eigenvalue weighted by atomic mass is 19.1. The largest absolute Gasteiger partial charge is 0.496 e. The van der Waals surface area contributed by atoms with Crippen molar-refractivity contribution in [1.82, 2.24) is 19.5 Å². The predicted octanol–water partition coefficient (Wildman–Crippen LogP) is 2.03. The molecule has 10 heteroatoms. The van der Waals surface area contributed by atoms with E-state index in [9.17, 15) is 14.0 Å². The van der Waals surface area contributed by atoms with Crippen LogP contribution >= 0.6 is 0 Å². The fourth-order valence-corrected chi connectivity index (χ4v) is 4.04. The first kappa shape index (κ1) is 21.1. The van der Waals surface area contributed by atoms with Crippen LogP contribution in [0.3, 0.4) is 0 Å². The third-order valence-corrected chi connectivity index (χ3v) is 5.72. The van der Waals surface area contributed by atoms with Gasteiger partial charge in [-0.2, -0.15) is 5.10 Å². The van der Waals surface area contributed by atoms with Gasteiger partial charge in [0.1, 0.15) is 17.1 Å². The van der Waals surface area contributed by atoms with Crippen molar-refractivity contribution in [3.05, 3.63) is 74.2 Å². The zero-order chi connectivity index (χ0) is 22.9. The van der Waals surface area contributed by atoms with Crippen LogP contribution in [0.4, 0.5) is 4.39 Å². The standard InChI is InChI=1S/C23H22FN5O4/c1-32-19-5-2-14(10-15(19)13-28-6-8-33-9-7-28)12-25-29-22(30)21-20(27-23(29)31)17-11-16(24)3-4-18(17)26-21/h2-5,10-12,26H,6-9,13H2,1H3,(H,27,31)/b25-12+. The van der Waals surface area contributed by atoms with E-state index < -0.39 is 17.1 Å². The minimum Gasteiger partial charge on any atom is -0.496 e. The van der Waals surface area contributed by atoms with Crippen molar-refractivity contribution in [2.45, 2.75) is 6.54 Å². The Balaban J connectivity index is 1.50. The molecule has 0 radical (unpaired) electrons. The Kier molecular flexibility index (Phi) is 5.53. The summed E-state index contributed by atoms with van der Waals surface area (Å²) < 4.78 is 25.3. The molecule has 2 aromatic carbocycles. The van der Waals surface area contributed by atoms with Gasteiger partial charge in [0, 0.05) is 36.1 Å². The van der Waals surface area contributed by atoms with Gasteiger partial charge in [0.15, 0.2) is 0 Å². The van der Waals surface area contributed by atoms with Crippen molar-refractivity contribution in [2.24, 2.45) is 5.10 Å². The van der Waals surface area contributed by atoms with Crippen molar-refractivity contribution in [3.8, 4) is 5.75 Å². The zero-order valence-electron chi connectivity index (χ0n) is 17.9. The maximum atomic E-state index is 13.6. The number of fused-ring (bicyclic) bond motifs is 3. The van der Waals surface area contributed by atoms with Gasteiger partial charge in [-0.05, 0) is 42.0 Å². The summed E-state index contributed by atoms with van der Waals surface area (Å²) in [5.74, 6) is 0.291. The van der Waals surface area contributed by atoms with Crippen molar-refractivity contribution in [3.63, 3.8) is 0 Å². The predicted molar refractivity (Wildman–Crippen MR) is 123 cm³/mol. The first-order valence-electron chi connectivity index (χ1n) is 10.5. The van der Waals surface area contributed by atoms with Gasteiger partial charge < -0.3 is 19.4 Å². The molecule has 0 atom stereocenters. The number of halogens is 1. The molecule has 2 N–H and O–H groups in total. The lowest BCUT2D eigenvalue weighted by atomic mass is 10.1. The molecule has 170 valence electrons. The van der Waals surface area contributed by atoms with Crippen LogP contribution in [0.1, 0.15) is 11.1 Å². The Bertz CT molecular complexity index is 1480. The third-order valence-electron chi connectivity index (χ3n) is 5.72. The van der Waals surface area contributed by atoms with E-state index in [1.165, 1.54) is 24.4 Å². The van der Waals surface area contributed by atoms with E-state index in [0.29, 0.717) is 36.2 Å². The van der Waals surface area contributed by atoms with Gasteiger partial charge in [-0.3, -0.25) is 9.69 Å². The third kappa shape index (κ3) is 4.06. The van der Waals surface area contributed by atoms with E-state index in [-0.39, 0.29) is 11.0 Å². The van der Waals surface area contributed by atoms with E-state index in [4.69, 9.17) is 9.47 Å². The molecule has 2 aromatic heterocycles. The van der Waals surface area contributed by atoms with Gasteiger partial charge in [0.25, 0.3) is 0 Å². The number of aromatic amines is 2. The number of rotatable bonds is 5. The Morgan fingerprint density at radius 3 is 2.73 bits per heavy atom. The van der Waals surface area contributed by atoms with Crippen LogP contribution in [0.2, 0.25) is 0 Å². The fourth-order valence-electron chi connectivity index (χ4n) is 4.04. The van der Waals surface area contributed by atoms with Gasteiger partial charge in [-0.1, -0.05) is 0 Å². The average Bonchev–Trinajstić information content (AvgIpc) is 3.17. The minimum atomic E-state index is -0.712. The molecule has 5 rings (SSSR count). The lowest BCUT2D eigenvalue weighted by molar-refractivity contribution is 0.0339. The van der Waals surface area contributed by atoms with Crippen LogP contribution in [0, 0.1) is 5.82 Å². The molecule has 33 heavy (non-hydrogen) atoms. The number of aromatic nitrogens is 3. The number of hydrogen-bond donors (Lipinski definition) is 2. The second-order valence-electron chi connectivity index (χ2n) is 7.82. The second kappa shape index (κ2) is 8.64. The average molecular weight is 451 g/mol. The zero-order valence-corrected chi connectivity index (χ0v) is 17.9. The number of nitrogens with one attached hydrogen (secondary N) is 2. The van der Waals surface area contributed by atoms with E-state index in [0.717, 1.165) is 29.1 Å². The molecule has 1 saturated heterocycles. The monoisotopic (exact) mass is 451 g/mol. The van der Waals surface area contributed by atoms with Gasteiger partial charge >= 0.3 is 11.2 Å². The number of H-pyrrole nitrogens is 2. The van der Waals surface area contributed by atoms with Crippen LogP contribution in [0.15, 0.2) is 51.1 Å². The van der Waals surface area contributed by atoms with Gasteiger partial charge in [-0.15, -0.1) is 4.68 Å². The molecule has 0 spiro atoms. The van der Waals surface area contributed by atoms with Crippen LogP contribution in [-0.4, -0.2) is 59.2 Å². The first-order chi connectivity index (χ1) is 16.0. The highest BCUT2D eigenvalue weighted by Crippen LogP contribution is 2.23.